The van der Waals surface area contributed by atoms with Crippen LogP contribution < -0.4 is 0 Å². The molecule has 2 nitrogen and oxygen atoms in total. The lowest BCUT2D eigenvalue weighted by Gasteiger charge is -2.21. The Kier molecular flexibility index (Phi) is 2.48. The minimum absolute atomic E-state index is 0.118. The summed E-state index contributed by atoms with van der Waals surface area (Å²) >= 11 is 0. The lowest BCUT2D eigenvalue weighted by atomic mass is 9.83. The SMILES string of the molecule is CC1(C=CC(=O)O)C=CC=CC1. The van der Waals surface area contributed by atoms with Crippen LogP contribution in [-0.2, 0) is 4.79 Å². The normalized spacial score (nSPS) is 28.1. The predicted molar refractivity (Wildman–Crippen MR) is 47.8 cm³/mol. The Hall–Kier alpha value is -1.31. The third-order valence-corrected chi connectivity index (χ3v) is 1.89. The number of allylic oxidation sites excluding steroid dienone is 5. The second-order valence-corrected chi connectivity index (χ2v) is 3.17. The molecule has 12 heavy (non-hydrogen) atoms. The zero-order valence-corrected chi connectivity index (χ0v) is 7.03. The van der Waals surface area contributed by atoms with Crippen molar-refractivity contribution in [2.75, 3.05) is 0 Å². The van der Waals surface area contributed by atoms with Gasteiger partial charge in [-0.3, -0.25) is 0 Å². The number of carboxylic acids is 1. The van der Waals surface area contributed by atoms with E-state index in [1.807, 2.05) is 31.2 Å². The number of hydrogen-bond donors (Lipinski definition) is 1. The molecule has 0 aromatic carbocycles. The van der Waals surface area contributed by atoms with Crippen LogP contribution in [0.25, 0.3) is 0 Å². The molecule has 0 fully saturated rings. The van der Waals surface area contributed by atoms with Crippen LogP contribution in [-0.4, -0.2) is 11.1 Å². The van der Waals surface area contributed by atoms with Crippen LogP contribution in [0.15, 0.2) is 36.5 Å². The van der Waals surface area contributed by atoms with E-state index in [9.17, 15) is 4.79 Å². The predicted octanol–water partition coefficient (Wildman–Crippen LogP) is 2.15. The standard InChI is InChI=1S/C10H12O2/c1-10(8-5-9(11)12)6-3-2-4-7-10/h2-6,8H,7H2,1H3,(H,11,12). The number of carbonyl (C=O) groups is 1. The van der Waals surface area contributed by atoms with E-state index in [-0.39, 0.29) is 5.41 Å². The second-order valence-electron chi connectivity index (χ2n) is 3.17. The van der Waals surface area contributed by atoms with Gasteiger partial charge >= 0.3 is 5.97 Å². The number of rotatable bonds is 2. The van der Waals surface area contributed by atoms with Gasteiger partial charge in [0, 0.05) is 11.5 Å². The van der Waals surface area contributed by atoms with Crippen LogP contribution in [0.2, 0.25) is 0 Å². The van der Waals surface area contributed by atoms with Gasteiger partial charge in [0.15, 0.2) is 0 Å². The quantitative estimate of drug-likeness (QED) is 0.635. The second kappa shape index (κ2) is 3.39. The summed E-state index contributed by atoms with van der Waals surface area (Å²) in [5.41, 5.74) is -0.118. The molecule has 1 N–H and O–H groups in total. The van der Waals surface area contributed by atoms with Gasteiger partial charge in [-0.15, -0.1) is 0 Å². The van der Waals surface area contributed by atoms with Crippen molar-refractivity contribution in [3.8, 4) is 0 Å². The van der Waals surface area contributed by atoms with Crippen LogP contribution in [0, 0.1) is 5.41 Å². The highest BCUT2D eigenvalue weighted by molar-refractivity contribution is 5.79. The molecule has 1 atom stereocenters. The van der Waals surface area contributed by atoms with Crippen LogP contribution >= 0.6 is 0 Å². The van der Waals surface area contributed by atoms with Gasteiger partial charge in [-0.05, 0) is 6.42 Å². The smallest absolute Gasteiger partial charge is 0.328 e. The molecule has 1 aliphatic rings. The molecule has 0 radical (unpaired) electrons. The van der Waals surface area contributed by atoms with Crippen molar-refractivity contribution < 1.29 is 9.90 Å². The summed E-state index contributed by atoms with van der Waals surface area (Å²) in [6.45, 7) is 2.01. The highest BCUT2D eigenvalue weighted by atomic mass is 16.4. The monoisotopic (exact) mass is 164 g/mol. The largest absolute Gasteiger partial charge is 0.478 e. The molecular formula is C10H12O2. The fourth-order valence-electron chi connectivity index (χ4n) is 1.13. The molecule has 0 bridgehead atoms. The molecule has 0 aliphatic heterocycles. The van der Waals surface area contributed by atoms with Crippen molar-refractivity contribution >= 4 is 5.97 Å². The average molecular weight is 164 g/mol. The van der Waals surface area contributed by atoms with Gasteiger partial charge in [0.05, 0.1) is 0 Å². The minimum atomic E-state index is -0.890. The van der Waals surface area contributed by atoms with E-state index in [1.54, 1.807) is 6.08 Å². The number of hydrogen-bond acceptors (Lipinski definition) is 1. The first kappa shape index (κ1) is 8.78. The molecule has 2 heteroatoms. The molecule has 0 amide bonds. The van der Waals surface area contributed by atoms with Crippen LogP contribution in [0.3, 0.4) is 0 Å². The van der Waals surface area contributed by atoms with E-state index in [0.29, 0.717) is 0 Å². The third-order valence-electron chi connectivity index (χ3n) is 1.89. The van der Waals surface area contributed by atoms with Crippen molar-refractivity contribution in [2.24, 2.45) is 5.41 Å². The Bertz CT molecular complexity index is 261. The molecule has 0 saturated carbocycles. The summed E-state index contributed by atoms with van der Waals surface area (Å²) in [7, 11) is 0. The summed E-state index contributed by atoms with van der Waals surface area (Å²) < 4.78 is 0. The first-order valence-electron chi connectivity index (χ1n) is 3.89. The molecule has 0 aromatic rings. The lowest BCUT2D eigenvalue weighted by Crippen LogP contribution is -2.10. The van der Waals surface area contributed by atoms with Gasteiger partial charge in [-0.1, -0.05) is 37.3 Å². The van der Waals surface area contributed by atoms with Crippen LogP contribution in [0.4, 0.5) is 0 Å². The van der Waals surface area contributed by atoms with E-state index in [1.165, 1.54) is 6.08 Å². The number of carboxylic acid groups (broad SMARTS) is 1. The van der Waals surface area contributed by atoms with Crippen molar-refractivity contribution in [1.29, 1.82) is 0 Å². The zero-order valence-electron chi connectivity index (χ0n) is 7.03. The van der Waals surface area contributed by atoms with Crippen LogP contribution in [0.5, 0.6) is 0 Å². The molecule has 0 heterocycles. The fraction of sp³-hybridized carbons (Fsp3) is 0.300. The molecule has 1 rings (SSSR count). The maximum absolute atomic E-state index is 10.3. The van der Waals surface area contributed by atoms with Gasteiger partial charge in [0.25, 0.3) is 0 Å². The topological polar surface area (TPSA) is 37.3 Å². The van der Waals surface area contributed by atoms with E-state index in [0.717, 1.165) is 6.42 Å². The van der Waals surface area contributed by atoms with Crippen LogP contribution in [0.1, 0.15) is 13.3 Å². The summed E-state index contributed by atoms with van der Waals surface area (Å²) in [5, 5.41) is 8.43. The van der Waals surface area contributed by atoms with Gasteiger partial charge in [-0.25, -0.2) is 4.79 Å². The third kappa shape index (κ3) is 2.38. The Morgan fingerprint density at radius 2 is 2.33 bits per heavy atom. The maximum atomic E-state index is 10.3. The van der Waals surface area contributed by atoms with Gasteiger partial charge in [-0.2, -0.15) is 0 Å². The Morgan fingerprint density at radius 1 is 1.58 bits per heavy atom. The Labute approximate surface area is 71.9 Å². The Balaban J connectivity index is 2.67. The number of aliphatic carboxylic acids is 1. The summed E-state index contributed by atoms with van der Waals surface area (Å²) in [5.74, 6) is -0.890. The lowest BCUT2D eigenvalue weighted by molar-refractivity contribution is -0.131. The highest BCUT2D eigenvalue weighted by Gasteiger charge is 2.16. The van der Waals surface area contributed by atoms with Crippen molar-refractivity contribution in [1.82, 2.24) is 0 Å². The van der Waals surface area contributed by atoms with E-state index in [4.69, 9.17) is 5.11 Å². The molecule has 64 valence electrons. The fourth-order valence-corrected chi connectivity index (χ4v) is 1.13. The van der Waals surface area contributed by atoms with E-state index in [2.05, 4.69) is 0 Å². The van der Waals surface area contributed by atoms with Crippen molar-refractivity contribution in [3.05, 3.63) is 36.5 Å². The van der Waals surface area contributed by atoms with Gasteiger partial charge in [0.1, 0.15) is 0 Å². The molecule has 0 aromatic heterocycles. The molecule has 1 aliphatic carbocycles. The summed E-state index contributed by atoms with van der Waals surface area (Å²) in [4.78, 5) is 10.3. The first-order chi connectivity index (χ1) is 5.62. The molecule has 0 saturated heterocycles. The van der Waals surface area contributed by atoms with Crippen molar-refractivity contribution in [2.45, 2.75) is 13.3 Å². The molecular weight excluding hydrogens is 152 g/mol. The van der Waals surface area contributed by atoms with Crippen molar-refractivity contribution in [3.63, 3.8) is 0 Å². The first-order valence-corrected chi connectivity index (χ1v) is 3.89. The summed E-state index contributed by atoms with van der Waals surface area (Å²) in [6.07, 6.45) is 11.7. The maximum Gasteiger partial charge on any atom is 0.328 e. The Morgan fingerprint density at radius 3 is 2.83 bits per heavy atom. The highest BCUT2D eigenvalue weighted by Crippen LogP contribution is 2.28. The van der Waals surface area contributed by atoms with Gasteiger partial charge in [0.2, 0.25) is 0 Å². The summed E-state index contributed by atoms with van der Waals surface area (Å²) in [6, 6.07) is 0. The van der Waals surface area contributed by atoms with E-state index < -0.39 is 5.97 Å². The van der Waals surface area contributed by atoms with E-state index >= 15 is 0 Å². The molecule has 1 unspecified atom stereocenters. The zero-order chi connectivity index (χ0) is 9.03. The average Bonchev–Trinajstić information content (AvgIpc) is 2.03. The minimum Gasteiger partial charge on any atom is -0.478 e. The molecule has 0 spiro atoms. The van der Waals surface area contributed by atoms with Gasteiger partial charge < -0.3 is 5.11 Å².